The second-order valence-corrected chi connectivity index (χ2v) is 4.96. The zero-order chi connectivity index (χ0) is 16.9. The van der Waals surface area contributed by atoms with Gasteiger partial charge in [-0.25, -0.2) is 19.6 Å². The van der Waals surface area contributed by atoms with Crippen molar-refractivity contribution in [2.45, 2.75) is 13.8 Å². The fourth-order valence-corrected chi connectivity index (χ4v) is 1.75. The molecule has 118 valence electrons. The van der Waals surface area contributed by atoms with Crippen LogP contribution < -0.4 is 0 Å². The van der Waals surface area contributed by atoms with E-state index in [4.69, 9.17) is 33.4 Å². The van der Waals surface area contributed by atoms with Crippen LogP contribution in [0.4, 0.5) is 0 Å². The number of nitrogens with zero attached hydrogens (tertiary/aromatic N) is 2. The number of pyridine rings is 2. The Balaban J connectivity index is 0.000000403. The summed E-state index contributed by atoms with van der Waals surface area (Å²) in [4.78, 5) is 28.2. The molecule has 0 radical (unpaired) electrons. The predicted octanol–water partition coefficient (Wildman–Crippen LogP) is 3.48. The molecule has 0 fully saturated rings. The van der Waals surface area contributed by atoms with Crippen molar-refractivity contribution in [2.75, 3.05) is 0 Å². The van der Waals surface area contributed by atoms with Gasteiger partial charge in [0.05, 0.1) is 0 Å². The minimum Gasteiger partial charge on any atom is -0.477 e. The molecule has 0 aliphatic rings. The maximum absolute atomic E-state index is 10.5. The van der Waals surface area contributed by atoms with Crippen molar-refractivity contribution < 1.29 is 39.3 Å². The SMILES string of the molecule is Cc1c(Cl)ccnc1C(=O)O.Cc1c(Cl)ccnc1C(=O)O.[Zn]. The number of hydrogen-bond acceptors (Lipinski definition) is 4. The van der Waals surface area contributed by atoms with Crippen molar-refractivity contribution >= 4 is 35.1 Å². The molecule has 0 atom stereocenters. The molecule has 2 aromatic rings. The van der Waals surface area contributed by atoms with Gasteiger partial charge in [0.2, 0.25) is 0 Å². The van der Waals surface area contributed by atoms with Crippen molar-refractivity contribution in [2.24, 2.45) is 0 Å². The molecule has 2 aromatic heterocycles. The number of carboxylic acid groups (broad SMARTS) is 2. The molecular formula is C14H12Cl2N2O4Zn. The van der Waals surface area contributed by atoms with Crippen LogP contribution in [0.15, 0.2) is 24.5 Å². The number of carboxylic acids is 2. The zero-order valence-corrected chi connectivity index (χ0v) is 16.9. The number of halogens is 2. The van der Waals surface area contributed by atoms with Crippen LogP contribution in [0.25, 0.3) is 0 Å². The second-order valence-electron chi connectivity index (χ2n) is 4.14. The summed E-state index contributed by atoms with van der Waals surface area (Å²) in [6, 6.07) is 3.12. The largest absolute Gasteiger partial charge is 0.477 e. The van der Waals surface area contributed by atoms with Gasteiger partial charge in [-0.05, 0) is 26.0 Å². The molecule has 2 rings (SSSR count). The number of aromatic carboxylic acids is 2. The first-order valence-electron chi connectivity index (χ1n) is 5.94. The molecule has 6 nitrogen and oxygen atoms in total. The van der Waals surface area contributed by atoms with Gasteiger partial charge >= 0.3 is 11.9 Å². The van der Waals surface area contributed by atoms with E-state index >= 15 is 0 Å². The van der Waals surface area contributed by atoms with Crippen molar-refractivity contribution in [1.29, 1.82) is 0 Å². The monoisotopic (exact) mass is 406 g/mol. The van der Waals surface area contributed by atoms with E-state index in [9.17, 15) is 9.59 Å². The minimum atomic E-state index is -1.05. The fraction of sp³-hybridized carbons (Fsp3) is 0.143. The standard InChI is InChI=1S/2C7H6ClNO2.Zn/c2*1-4-5(8)2-3-9-6(4)7(10)11;/h2*2-3H,1H3,(H,10,11);. The van der Waals surface area contributed by atoms with Crippen LogP contribution in [0.5, 0.6) is 0 Å². The first-order valence-corrected chi connectivity index (χ1v) is 6.70. The second kappa shape index (κ2) is 9.55. The molecular weight excluding hydrogens is 396 g/mol. The summed E-state index contributed by atoms with van der Waals surface area (Å²) in [5.74, 6) is -2.10. The Labute approximate surface area is 155 Å². The van der Waals surface area contributed by atoms with Gasteiger partial charge < -0.3 is 10.2 Å². The van der Waals surface area contributed by atoms with Gasteiger partial charge in [0.25, 0.3) is 0 Å². The van der Waals surface area contributed by atoms with E-state index in [0.717, 1.165) is 0 Å². The molecule has 2 heterocycles. The van der Waals surface area contributed by atoms with E-state index in [1.165, 1.54) is 12.4 Å². The summed E-state index contributed by atoms with van der Waals surface area (Å²) < 4.78 is 0. The number of rotatable bonds is 2. The topological polar surface area (TPSA) is 100 Å². The molecule has 0 aromatic carbocycles. The van der Waals surface area contributed by atoms with Crippen LogP contribution in [0, 0.1) is 13.8 Å². The van der Waals surface area contributed by atoms with Gasteiger partial charge in [-0.1, -0.05) is 23.2 Å². The third-order valence-corrected chi connectivity index (χ3v) is 3.50. The Morgan fingerprint density at radius 3 is 1.39 bits per heavy atom. The number of carbonyl (C=O) groups is 2. The Hall–Kier alpha value is -1.56. The van der Waals surface area contributed by atoms with Gasteiger partial charge in [0.1, 0.15) is 0 Å². The Bertz CT molecular complexity index is 664. The van der Waals surface area contributed by atoms with Crippen LogP contribution in [0.2, 0.25) is 10.0 Å². The molecule has 23 heavy (non-hydrogen) atoms. The van der Waals surface area contributed by atoms with Crippen LogP contribution in [0.3, 0.4) is 0 Å². The average molecular weight is 409 g/mol. The molecule has 0 aliphatic heterocycles. The van der Waals surface area contributed by atoms with E-state index in [1.807, 2.05) is 0 Å². The van der Waals surface area contributed by atoms with Crippen LogP contribution >= 0.6 is 23.2 Å². The molecule has 0 bridgehead atoms. The van der Waals surface area contributed by atoms with Crippen molar-refractivity contribution in [3.05, 3.63) is 57.1 Å². The first-order chi connectivity index (χ1) is 10.3. The van der Waals surface area contributed by atoms with E-state index in [0.29, 0.717) is 21.2 Å². The number of aromatic nitrogens is 2. The molecule has 0 saturated carbocycles. The maximum Gasteiger partial charge on any atom is 0.354 e. The molecule has 2 N–H and O–H groups in total. The number of hydrogen-bond donors (Lipinski definition) is 2. The molecule has 0 spiro atoms. The molecule has 9 heteroatoms. The maximum atomic E-state index is 10.5. The average Bonchev–Trinajstić information content (AvgIpc) is 2.45. The third kappa shape index (κ3) is 5.86. The molecule has 0 unspecified atom stereocenters. The summed E-state index contributed by atoms with van der Waals surface area (Å²) in [7, 11) is 0. The van der Waals surface area contributed by atoms with Gasteiger partial charge in [-0.15, -0.1) is 0 Å². The first kappa shape index (κ1) is 21.4. The van der Waals surface area contributed by atoms with Crippen LogP contribution in [0.1, 0.15) is 32.1 Å². The van der Waals surface area contributed by atoms with Crippen molar-refractivity contribution in [3.8, 4) is 0 Å². The van der Waals surface area contributed by atoms with Gasteiger partial charge in [-0.2, -0.15) is 0 Å². The Morgan fingerprint density at radius 2 is 1.17 bits per heavy atom. The van der Waals surface area contributed by atoms with Gasteiger partial charge in [0, 0.05) is 53.0 Å². The molecule has 0 saturated heterocycles. The molecule has 0 aliphatic carbocycles. The van der Waals surface area contributed by atoms with Crippen LogP contribution in [-0.4, -0.2) is 32.1 Å². The smallest absolute Gasteiger partial charge is 0.354 e. The van der Waals surface area contributed by atoms with E-state index < -0.39 is 11.9 Å². The fourth-order valence-electron chi connectivity index (χ4n) is 1.46. The normalized spacial score (nSPS) is 9.22. The van der Waals surface area contributed by atoms with Crippen molar-refractivity contribution in [1.82, 2.24) is 9.97 Å². The summed E-state index contributed by atoms with van der Waals surface area (Å²) in [5, 5.41) is 18.0. The third-order valence-electron chi connectivity index (χ3n) is 2.68. The quantitative estimate of drug-likeness (QED) is 0.738. The minimum absolute atomic E-state index is 0. The van der Waals surface area contributed by atoms with E-state index in [2.05, 4.69) is 9.97 Å². The predicted molar refractivity (Wildman–Crippen MR) is 81.9 cm³/mol. The summed E-state index contributed by atoms with van der Waals surface area (Å²) in [6.07, 6.45) is 2.75. The van der Waals surface area contributed by atoms with Crippen LogP contribution in [-0.2, 0) is 19.5 Å². The summed E-state index contributed by atoms with van der Waals surface area (Å²) >= 11 is 11.3. The van der Waals surface area contributed by atoms with Gasteiger partial charge in [0.15, 0.2) is 11.4 Å². The van der Waals surface area contributed by atoms with Gasteiger partial charge in [-0.3, -0.25) is 0 Å². The Kier molecular flexibility index (Phi) is 8.91. The summed E-state index contributed by atoms with van der Waals surface area (Å²) in [5.41, 5.74) is 1.03. The molecule has 0 amide bonds. The summed E-state index contributed by atoms with van der Waals surface area (Å²) in [6.45, 7) is 3.25. The van der Waals surface area contributed by atoms with Crippen molar-refractivity contribution in [3.63, 3.8) is 0 Å². The zero-order valence-electron chi connectivity index (χ0n) is 12.4. The van der Waals surface area contributed by atoms with E-state index in [-0.39, 0.29) is 30.9 Å². The Morgan fingerprint density at radius 1 is 0.870 bits per heavy atom. The van der Waals surface area contributed by atoms with E-state index in [1.54, 1.807) is 26.0 Å².